The maximum absolute atomic E-state index is 10.8. The minimum atomic E-state index is -1.11. The standard InChI is InChI=1S/C7H8OS/c1-2-9(8)7-5-3-4-6-7/h1,5H,3-4,6H2. The maximum atomic E-state index is 10.8. The van der Waals surface area contributed by atoms with E-state index < -0.39 is 10.8 Å². The third kappa shape index (κ3) is 1.43. The van der Waals surface area contributed by atoms with Crippen molar-refractivity contribution in [3.8, 4) is 11.7 Å². The summed E-state index contributed by atoms with van der Waals surface area (Å²) in [5.74, 6) is 0. The van der Waals surface area contributed by atoms with Gasteiger partial charge < -0.3 is 0 Å². The van der Waals surface area contributed by atoms with Crippen molar-refractivity contribution in [2.75, 3.05) is 0 Å². The van der Waals surface area contributed by atoms with Gasteiger partial charge in [0.05, 0.1) is 0 Å². The molecule has 0 spiro atoms. The van der Waals surface area contributed by atoms with Crippen molar-refractivity contribution in [1.82, 2.24) is 0 Å². The molecule has 2 heteroatoms. The molecule has 0 saturated heterocycles. The topological polar surface area (TPSA) is 17.1 Å². The van der Waals surface area contributed by atoms with Crippen molar-refractivity contribution >= 4 is 10.8 Å². The lowest BCUT2D eigenvalue weighted by atomic mass is 10.4. The highest BCUT2D eigenvalue weighted by atomic mass is 32.2. The number of allylic oxidation sites excluding steroid dienone is 2. The van der Waals surface area contributed by atoms with E-state index in [2.05, 4.69) is 5.25 Å². The fraction of sp³-hybridized carbons (Fsp3) is 0.429. The van der Waals surface area contributed by atoms with Gasteiger partial charge in [0.1, 0.15) is 10.8 Å². The zero-order valence-electron chi connectivity index (χ0n) is 5.09. The van der Waals surface area contributed by atoms with Gasteiger partial charge in [-0.3, -0.25) is 0 Å². The third-order valence-electron chi connectivity index (χ3n) is 1.34. The van der Waals surface area contributed by atoms with Gasteiger partial charge in [0.2, 0.25) is 0 Å². The highest BCUT2D eigenvalue weighted by molar-refractivity contribution is 7.93. The van der Waals surface area contributed by atoms with E-state index in [-0.39, 0.29) is 0 Å². The molecule has 1 aliphatic rings. The largest absolute Gasteiger partial charge is 0.241 e. The molecular formula is C7H8OS. The van der Waals surface area contributed by atoms with Crippen LogP contribution in [0.1, 0.15) is 19.3 Å². The van der Waals surface area contributed by atoms with Gasteiger partial charge in [0, 0.05) is 4.91 Å². The first-order chi connectivity index (χ1) is 4.34. The SMILES string of the molecule is C#CS(=O)C1=CCCC1. The number of hydrogen-bond donors (Lipinski definition) is 0. The Morgan fingerprint density at radius 1 is 1.78 bits per heavy atom. The summed E-state index contributed by atoms with van der Waals surface area (Å²) in [6, 6.07) is 0. The molecule has 0 aromatic rings. The first-order valence-corrected chi connectivity index (χ1v) is 4.06. The van der Waals surface area contributed by atoms with Gasteiger partial charge in [-0.1, -0.05) is 6.08 Å². The van der Waals surface area contributed by atoms with Crippen LogP contribution in [0.2, 0.25) is 0 Å². The zero-order chi connectivity index (χ0) is 6.69. The smallest absolute Gasteiger partial charge is 0.125 e. The summed E-state index contributed by atoms with van der Waals surface area (Å²) in [5, 5.41) is 2.21. The summed E-state index contributed by atoms with van der Waals surface area (Å²) in [6.07, 6.45) is 10.0. The Hall–Kier alpha value is -0.550. The van der Waals surface area contributed by atoms with Crippen LogP contribution in [-0.2, 0) is 10.8 Å². The minimum absolute atomic E-state index is 0.927. The molecule has 1 unspecified atom stereocenters. The molecule has 0 aromatic carbocycles. The molecule has 0 fully saturated rings. The third-order valence-corrected chi connectivity index (χ3v) is 2.41. The fourth-order valence-corrected chi connectivity index (χ4v) is 1.64. The molecule has 48 valence electrons. The van der Waals surface area contributed by atoms with Crippen LogP contribution < -0.4 is 0 Å². The Balaban J connectivity index is 2.64. The lowest BCUT2D eigenvalue weighted by Gasteiger charge is -1.89. The van der Waals surface area contributed by atoms with E-state index >= 15 is 0 Å². The van der Waals surface area contributed by atoms with Crippen LogP contribution in [0.4, 0.5) is 0 Å². The first kappa shape index (κ1) is 6.57. The van der Waals surface area contributed by atoms with Gasteiger partial charge >= 0.3 is 0 Å². The number of rotatable bonds is 1. The monoisotopic (exact) mass is 140 g/mol. The van der Waals surface area contributed by atoms with E-state index in [9.17, 15) is 4.21 Å². The van der Waals surface area contributed by atoms with E-state index in [1.807, 2.05) is 6.08 Å². The Morgan fingerprint density at radius 2 is 2.56 bits per heavy atom. The molecule has 1 nitrogen and oxygen atoms in total. The van der Waals surface area contributed by atoms with E-state index in [0.717, 1.165) is 24.2 Å². The van der Waals surface area contributed by atoms with Gasteiger partial charge in [-0.2, -0.15) is 0 Å². The lowest BCUT2D eigenvalue weighted by Crippen LogP contribution is -1.85. The van der Waals surface area contributed by atoms with Crippen molar-refractivity contribution in [2.45, 2.75) is 19.3 Å². The molecule has 0 heterocycles. The highest BCUT2D eigenvalue weighted by Gasteiger charge is 2.08. The lowest BCUT2D eigenvalue weighted by molar-refractivity contribution is 0.691. The summed E-state index contributed by atoms with van der Waals surface area (Å²) >= 11 is 0. The quantitative estimate of drug-likeness (QED) is 0.503. The Labute approximate surface area is 57.6 Å². The fourth-order valence-electron chi connectivity index (χ4n) is 0.885. The van der Waals surface area contributed by atoms with E-state index in [1.165, 1.54) is 0 Å². The summed E-state index contributed by atoms with van der Waals surface area (Å²) in [6.45, 7) is 0. The van der Waals surface area contributed by atoms with Crippen LogP contribution in [-0.4, -0.2) is 4.21 Å². The molecule has 1 aliphatic carbocycles. The Morgan fingerprint density at radius 3 is 3.00 bits per heavy atom. The molecule has 0 aromatic heterocycles. The van der Waals surface area contributed by atoms with Gasteiger partial charge in [-0.25, -0.2) is 4.21 Å². The summed E-state index contributed by atoms with van der Waals surface area (Å²) in [7, 11) is -1.11. The first-order valence-electron chi connectivity index (χ1n) is 2.91. The van der Waals surface area contributed by atoms with Gasteiger partial charge in [0.15, 0.2) is 0 Å². The Bertz CT molecular complexity index is 197. The van der Waals surface area contributed by atoms with Crippen LogP contribution in [0.25, 0.3) is 0 Å². The van der Waals surface area contributed by atoms with Crippen LogP contribution in [0, 0.1) is 11.7 Å². The van der Waals surface area contributed by atoms with Crippen LogP contribution in [0.3, 0.4) is 0 Å². The predicted molar refractivity (Wildman–Crippen MR) is 38.9 cm³/mol. The average Bonchev–Trinajstić information content (AvgIpc) is 2.37. The molecule has 1 atom stereocenters. The van der Waals surface area contributed by atoms with Crippen LogP contribution in [0.5, 0.6) is 0 Å². The molecule has 0 radical (unpaired) electrons. The number of terminal acetylenes is 1. The average molecular weight is 140 g/mol. The second-order valence-electron chi connectivity index (χ2n) is 1.95. The van der Waals surface area contributed by atoms with E-state index in [0.29, 0.717) is 0 Å². The second kappa shape index (κ2) is 2.84. The van der Waals surface area contributed by atoms with Gasteiger partial charge in [-0.05, 0) is 24.5 Å². The minimum Gasteiger partial charge on any atom is -0.241 e. The molecular weight excluding hydrogens is 132 g/mol. The van der Waals surface area contributed by atoms with Crippen molar-refractivity contribution in [2.24, 2.45) is 0 Å². The van der Waals surface area contributed by atoms with Crippen molar-refractivity contribution in [1.29, 1.82) is 0 Å². The number of hydrogen-bond acceptors (Lipinski definition) is 1. The predicted octanol–water partition coefficient (Wildman–Crippen LogP) is 1.39. The maximum Gasteiger partial charge on any atom is 0.125 e. The summed E-state index contributed by atoms with van der Waals surface area (Å²) < 4.78 is 10.8. The molecule has 0 saturated carbocycles. The zero-order valence-corrected chi connectivity index (χ0v) is 5.91. The Kier molecular flexibility index (Phi) is 2.07. The van der Waals surface area contributed by atoms with Crippen LogP contribution in [0.15, 0.2) is 11.0 Å². The molecule has 0 aliphatic heterocycles. The van der Waals surface area contributed by atoms with Crippen molar-refractivity contribution in [3.63, 3.8) is 0 Å². The summed E-state index contributed by atoms with van der Waals surface area (Å²) in [4.78, 5) is 0.942. The summed E-state index contributed by atoms with van der Waals surface area (Å²) in [5.41, 5.74) is 0. The second-order valence-corrected chi connectivity index (χ2v) is 3.25. The molecule has 0 amide bonds. The normalized spacial score (nSPS) is 20.6. The van der Waals surface area contributed by atoms with Crippen molar-refractivity contribution < 1.29 is 4.21 Å². The molecule has 0 bridgehead atoms. The van der Waals surface area contributed by atoms with Gasteiger partial charge in [-0.15, -0.1) is 6.42 Å². The van der Waals surface area contributed by atoms with E-state index in [4.69, 9.17) is 6.42 Å². The van der Waals surface area contributed by atoms with Crippen LogP contribution >= 0.6 is 0 Å². The van der Waals surface area contributed by atoms with E-state index in [1.54, 1.807) is 0 Å². The molecule has 9 heavy (non-hydrogen) atoms. The highest BCUT2D eigenvalue weighted by Crippen LogP contribution is 2.19. The van der Waals surface area contributed by atoms with Gasteiger partial charge in [0.25, 0.3) is 0 Å². The van der Waals surface area contributed by atoms with Crippen molar-refractivity contribution in [3.05, 3.63) is 11.0 Å². The molecule has 1 rings (SSSR count). The molecule has 0 N–H and O–H groups in total.